The van der Waals surface area contributed by atoms with Gasteiger partial charge in [-0.05, 0) is 54.8 Å². The number of carbonyl (C=O) groups excluding carboxylic acids is 5. The van der Waals surface area contributed by atoms with Crippen LogP contribution in [0.1, 0.15) is 61.5 Å². The normalized spacial score (nSPS) is 17.9. The Hall–Kier alpha value is -6.73. The van der Waals surface area contributed by atoms with Crippen molar-refractivity contribution < 1.29 is 41.9 Å². The van der Waals surface area contributed by atoms with Crippen molar-refractivity contribution in [3.8, 4) is 5.75 Å². The van der Waals surface area contributed by atoms with Crippen molar-refractivity contribution >= 4 is 58.2 Å². The maximum absolute atomic E-state index is 14.1. The Morgan fingerprint density at radius 3 is 2.29 bits per heavy atom. The van der Waals surface area contributed by atoms with Gasteiger partial charge < -0.3 is 25.6 Å². The molecule has 3 saturated heterocycles. The number of nitrogens with zero attached hydrogens (tertiary/aromatic N) is 6. The zero-order chi connectivity index (χ0) is 43.7. The molecule has 0 unspecified atom stereocenters. The number of hydrogen-bond donors (Lipinski definition) is 4. The van der Waals surface area contributed by atoms with E-state index >= 15 is 0 Å². The summed E-state index contributed by atoms with van der Waals surface area (Å²) >= 11 is 0. The van der Waals surface area contributed by atoms with Crippen LogP contribution >= 0.6 is 0 Å². The maximum Gasteiger partial charge on any atom is 0.419 e. The highest BCUT2D eigenvalue weighted by Gasteiger charge is 2.43. The third kappa shape index (κ3) is 8.58. The number of benzene rings is 3. The van der Waals surface area contributed by atoms with Gasteiger partial charge in [-0.3, -0.25) is 34.3 Å². The number of anilines is 5. The van der Waals surface area contributed by atoms with Crippen LogP contribution in [0.2, 0.25) is 0 Å². The molecule has 0 aliphatic carbocycles. The van der Waals surface area contributed by atoms with Crippen molar-refractivity contribution in [2.45, 2.75) is 38.0 Å². The van der Waals surface area contributed by atoms with Crippen molar-refractivity contribution in [3.63, 3.8) is 0 Å². The number of imide groups is 2. The van der Waals surface area contributed by atoms with E-state index in [-0.39, 0.29) is 46.8 Å². The van der Waals surface area contributed by atoms with Gasteiger partial charge in [-0.15, -0.1) is 0 Å². The summed E-state index contributed by atoms with van der Waals surface area (Å²) in [6, 6.07) is 18.0. The van der Waals surface area contributed by atoms with Crippen molar-refractivity contribution in [1.29, 1.82) is 0 Å². The van der Waals surface area contributed by atoms with Crippen molar-refractivity contribution in [2.24, 2.45) is 0 Å². The Balaban J connectivity index is 0.853. The van der Waals surface area contributed by atoms with Gasteiger partial charge in [-0.25, -0.2) is 14.8 Å². The highest BCUT2D eigenvalue weighted by Crippen LogP contribution is 2.39. The Bertz CT molecular complexity index is 2420. The molecule has 5 heterocycles. The van der Waals surface area contributed by atoms with Crippen LogP contribution in [0.25, 0.3) is 0 Å². The molecule has 4 aromatic rings. The molecule has 4 N–H and O–H groups in total. The Kier molecular flexibility index (Phi) is 11.7. The zero-order valence-electron chi connectivity index (χ0n) is 34.1. The number of para-hydroxylation sites is 1. The number of urea groups is 1. The summed E-state index contributed by atoms with van der Waals surface area (Å²) in [5.74, 6) is -1.44. The molecule has 4 aliphatic heterocycles. The van der Waals surface area contributed by atoms with Crippen LogP contribution in [-0.4, -0.2) is 120 Å². The van der Waals surface area contributed by atoms with Crippen molar-refractivity contribution in [1.82, 2.24) is 35.4 Å². The van der Waals surface area contributed by atoms with Gasteiger partial charge in [0.25, 0.3) is 17.7 Å². The number of carbonyl (C=O) groups is 5. The average molecular weight is 855 g/mol. The molecule has 1 aromatic heterocycles. The summed E-state index contributed by atoms with van der Waals surface area (Å²) in [5.41, 5.74) is 1.96. The van der Waals surface area contributed by atoms with Gasteiger partial charge in [-0.1, -0.05) is 18.2 Å². The number of methoxy groups -OCH3 is 1. The number of aromatic nitrogens is 1. The molecule has 0 radical (unpaired) electrons. The van der Waals surface area contributed by atoms with Gasteiger partial charge in [0.2, 0.25) is 5.91 Å². The summed E-state index contributed by atoms with van der Waals surface area (Å²) in [6.45, 7) is 5.62. The summed E-state index contributed by atoms with van der Waals surface area (Å²) in [4.78, 5) is 73.9. The van der Waals surface area contributed by atoms with E-state index < -0.39 is 41.4 Å². The van der Waals surface area contributed by atoms with Gasteiger partial charge in [0, 0.05) is 89.3 Å². The van der Waals surface area contributed by atoms with E-state index in [9.17, 15) is 37.1 Å². The number of hydrogen-bond acceptors (Lipinski definition) is 12. The smallest absolute Gasteiger partial charge is 0.419 e. The van der Waals surface area contributed by atoms with E-state index in [1.54, 1.807) is 24.3 Å². The monoisotopic (exact) mass is 854 g/mol. The largest absolute Gasteiger partial charge is 0.494 e. The molecule has 62 heavy (non-hydrogen) atoms. The van der Waals surface area contributed by atoms with Gasteiger partial charge >= 0.3 is 12.2 Å². The second-order valence-electron chi connectivity index (χ2n) is 15.4. The van der Waals surface area contributed by atoms with E-state index in [2.05, 4.69) is 41.0 Å². The Morgan fingerprint density at radius 2 is 1.58 bits per heavy atom. The molecule has 3 fully saturated rings. The van der Waals surface area contributed by atoms with Gasteiger partial charge in [0.15, 0.2) is 0 Å². The molecule has 3 aromatic carbocycles. The molecule has 0 saturated carbocycles. The molecular weight excluding hydrogens is 810 g/mol. The van der Waals surface area contributed by atoms with Gasteiger partial charge in [0.05, 0.1) is 53.0 Å². The van der Waals surface area contributed by atoms with E-state index in [0.717, 1.165) is 79.6 Å². The number of pyridine rings is 1. The first kappa shape index (κ1) is 42.0. The predicted octanol–water partition coefficient (Wildman–Crippen LogP) is 5.20. The lowest BCUT2D eigenvalue weighted by molar-refractivity contribution is -0.137. The topological polar surface area (TPSA) is 172 Å². The van der Waals surface area contributed by atoms with E-state index in [0.29, 0.717) is 24.0 Å². The molecule has 324 valence electrons. The van der Waals surface area contributed by atoms with Crippen LogP contribution < -0.4 is 30.9 Å². The lowest BCUT2D eigenvalue weighted by atomic mass is 10.0. The third-order valence-electron chi connectivity index (χ3n) is 11.7. The lowest BCUT2D eigenvalue weighted by Crippen LogP contribution is -2.58. The van der Waals surface area contributed by atoms with Crippen LogP contribution in [0.4, 0.5) is 46.5 Å². The van der Waals surface area contributed by atoms with Crippen LogP contribution in [-0.2, 0) is 17.5 Å². The minimum atomic E-state index is -4.71. The summed E-state index contributed by atoms with van der Waals surface area (Å²) < 4.78 is 47.9. The predicted molar refractivity (Wildman–Crippen MR) is 223 cm³/mol. The average Bonchev–Trinajstić information content (AvgIpc) is 3.51. The summed E-state index contributed by atoms with van der Waals surface area (Å²) in [7, 11) is 2.97. The number of piperidine rings is 1. The first-order chi connectivity index (χ1) is 29.8. The number of rotatable bonds is 11. The summed E-state index contributed by atoms with van der Waals surface area (Å²) in [5, 5.41) is 12.4. The van der Waals surface area contributed by atoms with E-state index in [4.69, 9.17) is 4.74 Å². The van der Waals surface area contributed by atoms with Crippen LogP contribution in [0.15, 0.2) is 72.9 Å². The van der Waals surface area contributed by atoms with Crippen LogP contribution in [0.3, 0.4) is 0 Å². The first-order valence-electron chi connectivity index (χ1n) is 20.3. The number of amides is 6. The first-order valence-corrected chi connectivity index (χ1v) is 20.3. The molecular formula is C43H45F3N10O6. The Morgan fingerprint density at radius 1 is 0.839 bits per heavy atom. The van der Waals surface area contributed by atoms with E-state index in [1.165, 1.54) is 32.4 Å². The molecule has 6 amide bonds. The fourth-order valence-electron chi connectivity index (χ4n) is 8.41. The minimum absolute atomic E-state index is 0.00376. The van der Waals surface area contributed by atoms with E-state index in [1.807, 2.05) is 24.3 Å². The standard InChI is InChI=1S/C43H45F3N10O6/c1-47-39(58)30-5-3-4-6-33(30)49-35-23-37(48-24-32(35)43(44,45)46)50-34-10-8-28(22-36(34)62-2)53-14-11-27(12-15-53)54-19-17-52(18-20-54)25-26-7-9-29-31(21-26)41(60)56(40(29)59)55-16-13-38(57)51-42(55)61/h3-10,21-24,27H,11-20,25H2,1-2H3,(H,47,58)(H2,48,49,50)(H,51,57,61). The van der Waals surface area contributed by atoms with Crippen molar-refractivity contribution in [3.05, 3.63) is 101 Å². The van der Waals surface area contributed by atoms with Crippen LogP contribution in [0.5, 0.6) is 5.75 Å². The highest BCUT2D eigenvalue weighted by molar-refractivity contribution is 6.22. The van der Waals surface area contributed by atoms with Crippen LogP contribution in [0, 0.1) is 0 Å². The SMILES string of the molecule is CNC(=O)c1ccccc1Nc1cc(Nc2ccc(N3CCC(N4CCN(Cc5ccc6c(c5)C(=O)N(N5CCC(=O)NC5=O)C6=O)CC4)CC3)cc2OC)ncc1C(F)(F)F. The number of hydrazine groups is 1. The second kappa shape index (κ2) is 17.3. The number of piperazine rings is 1. The number of fused-ring (bicyclic) bond motifs is 1. The molecule has 0 atom stereocenters. The fraction of sp³-hybridized carbons (Fsp3) is 0.349. The molecule has 16 nitrogen and oxygen atoms in total. The lowest BCUT2D eigenvalue weighted by Gasteiger charge is -2.43. The quantitative estimate of drug-likeness (QED) is 0.146. The minimum Gasteiger partial charge on any atom is -0.494 e. The van der Waals surface area contributed by atoms with Crippen molar-refractivity contribution in [2.75, 3.05) is 75.5 Å². The van der Waals surface area contributed by atoms with Gasteiger partial charge in [-0.2, -0.15) is 18.2 Å². The third-order valence-corrected chi connectivity index (χ3v) is 11.7. The fourth-order valence-corrected chi connectivity index (χ4v) is 8.41. The molecule has 4 aliphatic rings. The molecule has 19 heteroatoms. The second-order valence-corrected chi connectivity index (χ2v) is 15.4. The number of halogens is 3. The molecule has 0 bridgehead atoms. The maximum atomic E-state index is 14.1. The zero-order valence-corrected chi connectivity index (χ0v) is 34.1. The molecule has 8 rings (SSSR count). The number of alkyl halides is 3. The Labute approximate surface area is 354 Å². The highest BCUT2D eigenvalue weighted by atomic mass is 19.4. The van der Waals surface area contributed by atoms with Gasteiger partial charge in [0.1, 0.15) is 11.6 Å². The number of nitrogens with one attached hydrogen (secondary N) is 4. The molecule has 0 spiro atoms. The summed E-state index contributed by atoms with van der Waals surface area (Å²) in [6.07, 6.45) is -2.05. The number of ether oxygens (including phenoxy) is 1.